The number of carboxylic acid groups (broad SMARTS) is 2. The summed E-state index contributed by atoms with van der Waals surface area (Å²) in [4.78, 5) is 22.4. The smallest absolute Gasteiger partial charge is 0.328 e. The van der Waals surface area contributed by atoms with Crippen LogP contribution in [0, 0.1) is 11.3 Å². The van der Waals surface area contributed by atoms with Crippen LogP contribution < -0.4 is 10.1 Å². The highest BCUT2D eigenvalue weighted by Gasteiger charge is 2.21. The molecule has 0 radical (unpaired) electrons. The summed E-state index contributed by atoms with van der Waals surface area (Å²) in [7, 11) is 0. The zero-order chi connectivity index (χ0) is 25.8. The first kappa shape index (κ1) is 27.1. The molecule has 1 heterocycles. The lowest BCUT2D eigenvalue weighted by atomic mass is 9.94. The molecule has 0 saturated carbocycles. The van der Waals surface area contributed by atoms with Gasteiger partial charge in [-0.05, 0) is 44.0 Å². The summed E-state index contributed by atoms with van der Waals surface area (Å²) < 4.78 is 5.60. The summed E-state index contributed by atoms with van der Waals surface area (Å²) in [6, 6.07) is 17.4. The number of para-hydroxylation sites is 2. The molecule has 0 aliphatic rings. The minimum Gasteiger partial charge on any atom is -0.489 e. The van der Waals surface area contributed by atoms with Crippen LogP contribution in [0.3, 0.4) is 0 Å². The van der Waals surface area contributed by atoms with Gasteiger partial charge in [-0.25, -0.2) is 9.59 Å². The molecular weight excluding hydrogens is 450 g/mol. The van der Waals surface area contributed by atoms with Crippen LogP contribution in [0.1, 0.15) is 25.0 Å². The van der Waals surface area contributed by atoms with Crippen molar-refractivity contribution in [2.75, 3.05) is 13.2 Å². The van der Waals surface area contributed by atoms with Gasteiger partial charge >= 0.3 is 11.9 Å². The SMILES string of the molecule is CC(C)(Cc1c[nH]c2ccccc12)NCC(O)COc1ccccc1C#N.O=C(O)/C=C/C(=O)O. The van der Waals surface area contributed by atoms with E-state index in [9.17, 15) is 14.7 Å². The van der Waals surface area contributed by atoms with Crippen molar-refractivity contribution in [2.45, 2.75) is 31.9 Å². The van der Waals surface area contributed by atoms with E-state index >= 15 is 0 Å². The largest absolute Gasteiger partial charge is 0.489 e. The molecule has 0 amide bonds. The van der Waals surface area contributed by atoms with Gasteiger partial charge in [-0.3, -0.25) is 0 Å². The van der Waals surface area contributed by atoms with Gasteiger partial charge in [0.15, 0.2) is 0 Å². The number of carbonyl (C=O) groups is 2. The van der Waals surface area contributed by atoms with Gasteiger partial charge in [-0.2, -0.15) is 5.26 Å². The van der Waals surface area contributed by atoms with Crippen molar-refractivity contribution in [1.82, 2.24) is 10.3 Å². The molecule has 5 N–H and O–H groups in total. The van der Waals surface area contributed by atoms with Gasteiger partial charge in [0.05, 0.1) is 5.56 Å². The number of ether oxygens (including phenoxy) is 1. The maximum Gasteiger partial charge on any atom is 0.328 e. The Bertz CT molecular complexity index is 1190. The van der Waals surface area contributed by atoms with Crippen molar-refractivity contribution < 1.29 is 29.6 Å². The standard InChI is InChI=1S/C22H25N3O2.C4H4O4/c1-22(2,11-17-13-24-20-9-5-4-8-19(17)20)25-14-18(26)15-27-21-10-6-3-7-16(21)12-23;5-3(6)1-2-4(7)8/h3-10,13,18,24-26H,11,14-15H2,1-2H3;1-2H,(H,5,6)(H,7,8)/b;2-1+. The molecular formula is C26H29N3O6. The third-order valence-electron chi connectivity index (χ3n) is 4.93. The Kier molecular flexibility index (Phi) is 10.0. The molecule has 1 aromatic heterocycles. The number of nitrogens with zero attached hydrogens (tertiary/aromatic N) is 1. The molecule has 0 bridgehead atoms. The Morgan fingerprint density at radius 1 is 1.11 bits per heavy atom. The number of aromatic nitrogens is 1. The topological polar surface area (TPSA) is 156 Å². The van der Waals surface area contributed by atoms with E-state index < -0.39 is 18.0 Å². The van der Waals surface area contributed by atoms with Gasteiger partial charge in [-0.15, -0.1) is 0 Å². The Hall–Kier alpha value is -4.13. The third kappa shape index (κ3) is 9.33. The number of aromatic amines is 1. The number of carboxylic acids is 2. The quantitative estimate of drug-likeness (QED) is 0.278. The maximum absolute atomic E-state index is 10.3. The second kappa shape index (κ2) is 12.9. The van der Waals surface area contributed by atoms with Crippen molar-refractivity contribution in [2.24, 2.45) is 0 Å². The van der Waals surface area contributed by atoms with Crippen molar-refractivity contribution in [1.29, 1.82) is 5.26 Å². The number of nitrogens with one attached hydrogen (secondary N) is 2. The van der Waals surface area contributed by atoms with Gasteiger partial charge in [0, 0.05) is 41.3 Å². The summed E-state index contributed by atoms with van der Waals surface area (Å²) >= 11 is 0. The van der Waals surface area contributed by atoms with Crippen LogP contribution in [-0.4, -0.2) is 57.0 Å². The molecule has 0 aliphatic heterocycles. The molecule has 1 unspecified atom stereocenters. The normalized spacial score (nSPS) is 11.9. The Morgan fingerprint density at radius 2 is 1.74 bits per heavy atom. The molecule has 9 heteroatoms. The summed E-state index contributed by atoms with van der Waals surface area (Å²) in [6.07, 6.45) is 3.33. The highest BCUT2D eigenvalue weighted by Crippen LogP contribution is 2.22. The van der Waals surface area contributed by atoms with Crippen LogP contribution >= 0.6 is 0 Å². The Balaban J connectivity index is 0.000000466. The first-order valence-corrected chi connectivity index (χ1v) is 10.8. The monoisotopic (exact) mass is 479 g/mol. The Labute approximate surface area is 203 Å². The van der Waals surface area contributed by atoms with E-state index in [1.807, 2.05) is 24.4 Å². The number of fused-ring (bicyclic) bond motifs is 1. The number of aliphatic carboxylic acids is 2. The number of hydrogen-bond donors (Lipinski definition) is 5. The number of nitriles is 1. The van der Waals surface area contributed by atoms with Crippen LogP contribution in [0.4, 0.5) is 0 Å². The van der Waals surface area contributed by atoms with Gasteiger partial charge < -0.3 is 30.4 Å². The lowest BCUT2D eigenvalue weighted by Crippen LogP contribution is -2.46. The second-order valence-electron chi connectivity index (χ2n) is 8.38. The molecule has 0 spiro atoms. The van der Waals surface area contributed by atoms with Crippen molar-refractivity contribution >= 4 is 22.8 Å². The van der Waals surface area contributed by atoms with E-state index in [1.54, 1.807) is 18.2 Å². The predicted molar refractivity (Wildman–Crippen MR) is 131 cm³/mol. The van der Waals surface area contributed by atoms with Crippen molar-refractivity contribution in [3.8, 4) is 11.8 Å². The highest BCUT2D eigenvalue weighted by molar-refractivity contribution is 5.89. The molecule has 35 heavy (non-hydrogen) atoms. The van der Waals surface area contributed by atoms with Gasteiger partial charge in [-0.1, -0.05) is 30.3 Å². The molecule has 3 aromatic rings. The molecule has 0 fully saturated rings. The molecule has 184 valence electrons. The van der Waals surface area contributed by atoms with E-state index in [-0.39, 0.29) is 12.1 Å². The molecule has 9 nitrogen and oxygen atoms in total. The lowest BCUT2D eigenvalue weighted by Gasteiger charge is -2.28. The van der Waals surface area contributed by atoms with Crippen molar-refractivity contribution in [3.05, 3.63) is 78.0 Å². The van der Waals surface area contributed by atoms with E-state index in [2.05, 4.69) is 42.4 Å². The fourth-order valence-corrected chi connectivity index (χ4v) is 3.28. The highest BCUT2D eigenvalue weighted by atomic mass is 16.5. The summed E-state index contributed by atoms with van der Waals surface area (Å²) in [5.74, 6) is -2.02. The number of hydrogen-bond acceptors (Lipinski definition) is 6. The predicted octanol–water partition coefficient (Wildman–Crippen LogP) is 3.10. The van der Waals surface area contributed by atoms with Gasteiger partial charge in [0.2, 0.25) is 0 Å². The Morgan fingerprint density at radius 3 is 2.40 bits per heavy atom. The number of aliphatic hydroxyl groups is 1. The number of β-amino-alcohol motifs (C(OH)–C–C–N with tert-alkyl or cyclic N) is 1. The van der Waals surface area contributed by atoms with Crippen LogP contribution in [-0.2, 0) is 16.0 Å². The zero-order valence-electron chi connectivity index (χ0n) is 19.6. The summed E-state index contributed by atoms with van der Waals surface area (Å²) in [5.41, 5.74) is 2.67. The maximum atomic E-state index is 10.3. The van der Waals surface area contributed by atoms with E-state index in [0.29, 0.717) is 30.0 Å². The van der Waals surface area contributed by atoms with E-state index in [0.717, 1.165) is 11.9 Å². The average molecular weight is 480 g/mol. The molecule has 2 aromatic carbocycles. The first-order valence-electron chi connectivity index (χ1n) is 10.8. The second-order valence-corrected chi connectivity index (χ2v) is 8.38. The van der Waals surface area contributed by atoms with Crippen molar-refractivity contribution in [3.63, 3.8) is 0 Å². The molecule has 1 atom stereocenters. The number of benzene rings is 2. The lowest BCUT2D eigenvalue weighted by molar-refractivity contribution is -0.134. The minimum absolute atomic E-state index is 0.134. The minimum atomic E-state index is -1.26. The van der Waals surface area contributed by atoms with Crippen LogP contribution in [0.2, 0.25) is 0 Å². The first-order chi connectivity index (χ1) is 16.6. The number of aliphatic hydroxyl groups excluding tert-OH is 1. The van der Waals surface area contributed by atoms with E-state index in [4.69, 9.17) is 20.2 Å². The third-order valence-corrected chi connectivity index (χ3v) is 4.93. The molecule has 0 saturated heterocycles. The van der Waals surface area contributed by atoms with Gasteiger partial charge in [0.1, 0.15) is 24.5 Å². The van der Waals surface area contributed by atoms with Crippen LogP contribution in [0.25, 0.3) is 10.9 Å². The molecule has 0 aliphatic carbocycles. The molecule has 3 rings (SSSR count). The summed E-state index contributed by atoms with van der Waals surface area (Å²) in [6.45, 7) is 4.78. The van der Waals surface area contributed by atoms with Crippen LogP contribution in [0.15, 0.2) is 66.9 Å². The van der Waals surface area contributed by atoms with E-state index in [1.165, 1.54) is 10.9 Å². The zero-order valence-corrected chi connectivity index (χ0v) is 19.6. The number of H-pyrrole nitrogens is 1. The van der Waals surface area contributed by atoms with Gasteiger partial charge in [0.25, 0.3) is 0 Å². The fourth-order valence-electron chi connectivity index (χ4n) is 3.28. The average Bonchev–Trinajstić information content (AvgIpc) is 3.23. The fraction of sp³-hybridized carbons (Fsp3) is 0.269. The summed E-state index contributed by atoms with van der Waals surface area (Å²) in [5, 5.41) is 39.6. The van der Waals surface area contributed by atoms with Crippen LogP contribution in [0.5, 0.6) is 5.75 Å². The number of rotatable bonds is 10.